The summed E-state index contributed by atoms with van der Waals surface area (Å²) in [7, 11) is 0. The third kappa shape index (κ3) is 7.15. The van der Waals surface area contributed by atoms with E-state index in [2.05, 4.69) is 51.2 Å². The molecule has 1 amide bonds. The van der Waals surface area contributed by atoms with Crippen LogP contribution in [0.15, 0.2) is 42.5 Å². The quantitative estimate of drug-likeness (QED) is 0.643. The summed E-state index contributed by atoms with van der Waals surface area (Å²) in [5.41, 5.74) is 3.36. The van der Waals surface area contributed by atoms with Crippen molar-refractivity contribution in [3.63, 3.8) is 0 Å². The van der Waals surface area contributed by atoms with Gasteiger partial charge in [-0.05, 0) is 47.6 Å². The van der Waals surface area contributed by atoms with Gasteiger partial charge in [0.2, 0.25) is 5.91 Å². The molecule has 2 aromatic carbocycles. The molecule has 0 bridgehead atoms. The van der Waals surface area contributed by atoms with E-state index in [4.69, 9.17) is 14.7 Å². The lowest BCUT2D eigenvalue weighted by Gasteiger charge is -2.23. The van der Waals surface area contributed by atoms with Crippen LogP contribution in [0, 0.1) is 18.3 Å². The fourth-order valence-electron chi connectivity index (χ4n) is 2.99. The summed E-state index contributed by atoms with van der Waals surface area (Å²) in [5, 5.41) is 11.3. The fourth-order valence-corrected chi connectivity index (χ4v) is 2.99. The van der Waals surface area contributed by atoms with Crippen molar-refractivity contribution in [1.29, 1.82) is 5.26 Å². The third-order valence-electron chi connectivity index (χ3n) is 4.47. The molecule has 5 heteroatoms. The summed E-state index contributed by atoms with van der Waals surface area (Å²) in [5.74, 6) is 1.42. The number of para-hydroxylation sites is 1. The molecule has 2 rings (SSSR count). The topological polar surface area (TPSA) is 71.3 Å². The van der Waals surface area contributed by atoms with Crippen LogP contribution in [0.4, 0.5) is 0 Å². The fraction of sp³-hybridized carbons (Fsp3) is 0.417. The van der Waals surface area contributed by atoms with Crippen LogP contribution < -0.4 is 14.8 Å². The molecular formula is C24H30N2O3. The number of carbonyl (C=O) groups excluding carboxylic acids is 1. The molecule has 0 saturated heterocycles. The molecule has 2 aromatic rings. The molecule has 0 atom stereocenters. The molecule has 0 fully saturated rings. The summed E-state index contributed by atoms with van der Waals surface area (Å²) >= 11 is 0. The number of nitrogens with zero attached hydrogens (tertiary/aromatic N) is 1. The maximum atomic E-state index is 11.4. The van der Waals surface area contributed by atoms with Crippen LogP contribution in [0.1, 0.15) is 43.9 Å². The number of benzene rings is 2. The van der Waals surface area contributed by atoms with E-state index in [1.54, 1.807) is 0 Å². The Balaban J connectivity index is 1.90. The molecule has 0 aliphatic carbocycles. The van der Waals surface area contributed by atoms with Crippen molar-refractivity contribution in [1.82, 2.24) is 5.32 Å². The van der Waals surface area contributed by atoms with Gasteiger partial charge in [0.1, 0.15) is 31.1 Å². The number of nitrogens with one attached hydrogen (secondary N) is 1. The molecule has 5 nitrogen and oxygen atoms in total. The van der Waals surface area contributed by atoms with Gasteiger partial charge in [0, 0.05) is 6.54 Å². The van der Waals surface area contributed by atoms with Gasteiger partial charge in [-0.2, -0.15) is 5.26 Å². The number of aryl methyl sites for hydroxylation is 1. The number of amides is 1. The minimum atomic E-state index is -0.257. The molecule has 0 aliphatic heterocycles. The van der Waals surface area contributed by atoms with Crippen LogP contribution in [0.5, 0.6) is 11.5 Å². The lowest BCUT2D eigenvalue weighted by Crippen LogP contribution is -2.25. The second-order valence-electron chi connectivity index (χ2n) is 7.99. The highest BCUT2D eigenvalue weighted by Gasteiger charge is 2.19. The van der Waals surface area contributed by atoms with E-state index in [0.717, 1.165) is 22.6 Å². The Morgan fingerprint density at radius 1 is 1.07 bits per heavy atom. The highest BCUT2D eigenvalue weighted by molar-refractivity contribution is 5.77. The normalized spacial score (nSPS) is 10.9. The Hall–Kier alpha value is -3.00. The van der Waals surface area contributed by atoms with Crippen molar-refractivity contribution in [2.45, 2.75) is 46.0 Å². The Labute approximate surface area is 173 Å². The van der Waals surface area contributed by atoms with Gasteiger partial charge in [0.05, 0.1) is 6.07 Å². The molecule has 0 spiro atoms. The van der Waals surface area contributed by atoms with E-state index in [1.807, 2.05) is 30.3 Å². The molecule has 29 heavy (non-hydrogen) atoms. The summed E-state index contributed by atoms with van der Waals surface area (Å²) in [6.07, 6.45) is 0.519. The van der Waals surface area contributed by atoms with E-state index in [0.29, 0.717) is 26.2 Å². The van der Waals surface area contributed by atoms with Gasteiger partial charge < -0.3 is 14.8 Å². The molecule has 0 radical (unpaired) electrons. The predicted octanol–water partition coefficient (Wildman–Crippen LogP) is 4.32. The Morgan fingerprint density at radius 3 is 2.45 bits per heavy atom. The summed E-state index contributed by atoms with van der Waals surface area (Å²) in [6.45, 7) is 9.91. The number of carbonyl (C=O) groups is 1. The first-order chi connectivity index (χ1) is 13.8. The SMILES string of the molecule is Cc1ccc(C(C)(C)C)c(OCCOc2ccccc2CCNC(=O)CC#N)c1. The summed E-state index contributed by atoms with van der Waals surface area (Å²) < 4.78 is 12.0. The van der Waals surface area contributed by atoms with Gasteiger partial charge in [-0.25, -0.2) is 0 Å². The molecule has 0 aromatic heterocycles. The van der Waals surface area contributed by atoms with Gasteiger partial charge in [-0.1, -0.05) is 51.1 Å². The zero-order valence-corrected chi connectivity index (χ0v) is 17.7. The second kappa shape index (κ2) is 10.5. The van der Waals surface area contributed by atoms with Gasteiger partial charge >= 0.3 is 0 Å². The first-order valence-electron chi connectivity index (χ1n) is 9.89. The van der Waals surface area contributed by atoms with Crippen LogP contribution in [0.3, 0.4) is 0 Å². The lowest BCUT2D eigenvalue weighted by molar-refractivity contribution is -0.120. The largest absolute Gasteiger partial charge is 0.490 e. The first-order valence-corrected chi connectivity index (χ1v) is 9.89. The number of rotatable bonds is 9. The Bertz CT molecular complexity index is 863. The molecule has 0 aliphatic rings. The van der Waals surface area contributed by atoms with Gasteiger partial charge in [-0.3, -0.25) is 4.79 Å². The van der Waals surface area contributed by atoms with Crippen LogP contribution >= 0.6 is 0 Å². The van der Waals surface area contributed by atoms with Gasteiger partial charge in [0.25, 0.3) is 0 Å². The van der Waals surface area contributed by atoms with E-state index >= 15 is 0 Å². The Morgan fingerprint density at radius 2 is 1.76 bits per heavy atom. The zero-order chi connectivity index (χ0) is 21.3. The van der Waals surface area contributed by atoms with Crippen LogP contribution in [0.2, 0.25) is 0 Å². The van der Waals surface area contributed by atoms with E-state index in [-0.39, 0.29) is 17.7 Å². The van der Waals surface area contributed by atoms with Gasteiger partial charge in [-0.15, -0.1) is 0 Å². The molecule has 0 heterocycles. The van der Waals surface area contributed by atoms with Crippen LogP contribution in [0.25, 0.3) is 0 Å². The summed E-state index contributed by atoms with van der Waals surface area (Å²) in [4.78, 5) is 11.4. The smallest absolute Gasteiger partial charge is 0.234 e. The highest BCUT2D eigenvalue weighted by Crippen LogP contribution is 2.32. The standard InChI is InChI=1S/C24H30N2O3/c1-18-9-10-20(24(2,3)4)22(17-18)29-16-15-28-21-8-6-5-7-19(21)12-14-26-23(27)11-13-25/h5-10,17H,11-12,14-16H2,1-4H3,(H,26,27). The van der Waals surface area contributed by atoms with Crippen molar-refractivity contribution in [2.24, 2.45) is 0 Å². The minimum absolute atomic E-state index is 0.00642. The molecule has 154 valence electrons. The second-order valence-corrected chi connectivity index (χ2v) is 7.99. The molecular weight excluding hydrogens is 364 g/mol. The maximum absolute atomic E-state index is 11.4. The van der Waals surface area contributed by atoms with Crippen molar-refractivity contribution < 1.29 is 14.3 Å². The molecule has 0 unspecified atom stereocenters. The predicted molar refractivity (Wildman–Crippen MR) is 114 cm³/mol. The van der Waals surface area contributed by atoms with E-state index < -0.39 is 0 Å². The van der Waals surface area contributed by atoms with Crippen LogP contribution in [-0.2, 0) is 16.6 Å². The highest BCUT2D eigenvalue weighted by atomic mass is 16.5. The average Bonchev–Trinajstić information content (AvgIpc) is 2.65. The minimum Gasteiger partial charge on any atom is -0.490 e. The average molecular weight is 395 g/mol. The molecule has 1 N–H and O–H groups in total. The number of ether oxygens (including phenoxy) is 2. The van der Waals surface area contributed by atoms with E-state index in [9.17, 15) is 4.79 Å². The van der Waals surface area contributed by atoms with E-state index in [1.165, 1.54) is 5.56 Å². The van der Waals surface area contributed by atoms with Crippen molar-refractivity contribution in [3.05, 3.63) is 59.2 Å². The van der Waals surface area contributed by atoms with Crippen LogP contribution in [-0.4, -0.2) is 25.7 Å². The number of hydrogen-bond acceptors (Lipinski definition) is 4. The van der Waals surface area contributed by atoms with Gasteiger partial charge in [0.15, 0.2) is 0 Å². The van der Waals surface area contributed by atoms with Crippen molar-refractivity contribution in [3.8, 4) is 17.6 Å². The first kappa shape index (κ1) is 22.3. The number of hydrogen-bond donors (Lipinski definition) is 1. The lowest BCUT2D eigenvalue weighted by atomic mass is 9.86. The molecule has 0 saturated carbocycles. The Kier molecular flexibility index (Phi) is 8.09. The number of nitriles is 1. The third-order valence-corrected chi connectivity index (χ3v) is 4.47. The summed E-state index contributed by atoms with van der Waals surface area (Å²) in [6, 6.07) is 15.9. The maximum Gasteiger partial charge on any atom is 0.234 e. The zero-order valence-electron chi connectivity index (χ0n) is 17.7. The van der Waals surface area contributed by atoms with Crippen molar-refractivity contribution in [2.75, 3.05) is 19.8 Å². The monoisotopic (exact) mass is 394 g/mol. The van der Waals surface area contributed by atoms with Crippen molar-refractivity contribution >= 4 is 5.91 Å².